The van der Waals surface area contributed by atoms with E-state index in [4.69, 9.17) is 16.3 Å². The predicted molar refractivity (Wildman–Crippen MR) is 159 cm³/mol. The van der Waals surface area contributed by atoms with Crippen LogP contribution >= 0.6 is 23.4 Å². The van der Waals surface area contributed by atoms with Crippen molar-refractivity contribution < 1.29 is 36.7 Å². The Morgan fingerprint density at radius 3 is 2.48 bits per heavy atom. The maximum absolute atomic E-state index is 15.7. The molecule has 2 aliphatic heterocycles. The molecule has 3 aromatic rings. The molecule has 14 heteroatoms. The van der Waals surface area contributed by atoms with Crippen LogP contribution in [0.3, 0.4) is 0 Å². The number of fused-ring (bicyclic) bond motifs is 1. The van der Waals surface area contributed by atoms with E-state index < -0.39 is 46.8 Å². The highest BCUT2D eigenvalue weighted by Gasteiger charge is 2.44. The van der Waals surface area contributed by atoms with Crippen molar-refractivity contribution in [1.29, 1.82) is 0 Å². The summed E-state index contributed by atoms with van der Waals surface area (Å²) in [4.78, 5) is 40.6. The lowest BCUT2D eigenvalue weighted by molar-refractivity contribution is -0.138. The molecule has 44 heavy (non-hydrogen) atoms. The zero-order chi connectivity index (χ0) is 32.0. The number of thioether (sulfide) groups is 1. The fourth-order valence-electron chi connectivity index (χ4n) is 5.08. The van der Waals surface area contributed by atoms with Gasteiger partial charge in [0.1, 0.15) is 11.3 Å². The summed E-state index contributed by atoms with van der Waals surface area (Å²) in [6, 6.07) is 8.60. The number of ether oxygens (including phenoxy) is 1. The second-order valence-electron chi connectivity index (χ2n) is 11.8. The average molecular weight is 653 g/mol. The predicted octanol–water partition coefficient (Wildman–Crippen LogP) is 7.53. The second kappa shape index (κ2) is 11.7. The van der Waals surface area contributed by atoms with E-state index in [1.165, 1.54) is 34.0 Å². The van der Waals surface area contributed by atoms with E-state index >= 15 is 4.39 Å². The van der Waals surface area contributed by atoms with Crippen molar-refractivity contribution in [2.45, 2.75) is 57.6 Å². The normalized spacial score (nSPS) is 18.5. The number of imide groups is 1. The number of halogens is 5. The van der Waals surface area contributed by atoms with Crippen LogP contribution in [0.25, 0.3) is 17.0 Å². The van der Waals surface area contributed by atoms with Crippen molar-refractivity contribution in [1.82, 2.24) is 19.6 Å². The first-order valence-electron chi connectivity index (χ1n) is 13.7. The van der Waals surface area contributed by atoms with E-state index in [2.05, 4.69) is 5.10 Å². The summed E-state index contributed by atoms with van der Waals surface area (Å²) in [5.74, 6) is -0.621. The molecule has 1 aromatic heterocycles. The lowest BCUT2D eigenvalue weighted by atomic mass is 9.93. The molecule has 3 amide bonds. The molecule has 0 saturated carbocycles. The SMILES string of the molecule is CC(C)(C)OC(=O)N1CCC(F)(CN2C(=O)SC(=Cc3ccc4c(cnn4Cc4ccc(Cl)cc4C(F)(F)F)c3)C2=O)CC1. The van der Waals surface area contributed by atoms with Gasteiger partial charge < -0.3 is 9.64 Å². The Hall–Kier alpha value is -3.58. The largest absolute Gasteiger partial charge is 0.444 e. The van der Waals surface area contributed by atoms with E-state index in [0.29, 0.717) is 28.2 Å². The first-order valence-corrected chi connectivity index (χ1v) is 14.9. The van der Waals surface area contributed by atoms with Crippen molar-refractivity contribution >= 4 is 57.6 Å². The number of hydrogen-bond acceptors (Lipinski definition) is 6. The molecule has 5 rings (SSSR count). The molecule has 0 aliphatic carbocycles. The molecule has 234 valence electrons. The third-order valence-electron chi connectivity index (χ3n) is 7.29. The number of nitrogens with zero attached hydrogens (tertiary/aromatic N) is 4. The van der Waals surface area contributed by atoms with Gasteiger partial charge in [0, 0.05) is 36.3 Å². The quantitative estimate of drug-likeness (QED) is 0.209. The third kappa shape index (κ3) is 7.04. The zero-order valence-corrected chi connectivity index (χ0v) is 25.7. The van der Waals surface area contributed by atoms with Crippen LogP contribution in [-0.2, 0) is 22.3 Å². The van der Waals surface area contributed by atoms with Crippen LogP contribution in [0.15, 0.2) is 47.5 Å². The monoisotopic (exact) mass is 652 g/mol. The van der Waals surface area contributed by atoms with E-state index in [1.807, 2.05) is 0 Å². The second-order valence-corrected chi connectivity index (χ2v) is 13.2. The number of carbonyl (C=O) groups excluding carboxylic acids is 3. The fourth-order valence-corrected chi connectivity index (χ4v) is 6.09. The van der Waals surface area contributed by atoms with E-state index in [-0.39, 0.29) is 48.0 Å². The topological polar surface area (TPSA) is 84.7 Å². The molecule has 2 fully saturated rings. The van der Waals surface area contributed by atoms with Crippen molar-refractivity contribution in [3.63, 3.8) is 0 Å². The molecular formula is C30H29ClF4N4O4S. The van der Waals surface area contributed by atoms with Gasteiger partial charge in [-0.15, -0.1) is 0 Å². The lowest BCUT2D eigenvalue weighted by Gasteiger charge is -2.38. The molecule has 0 atom stereocenters. The number of rotatable bonds is 5. The van der Waals surface area contributed by atoms with Gasteiger partial charge in [-0.05, 0) is 74.0 Å². The van der Waals surface area contributed by atoms with Gasteiger partial charge in [0.2, 0.25) is 0 Å². The highest BCUT2D eigenvalue weighted by Crippen LogP contribution is 2.37. The fraction of sp³-hybridized carbons (Fsp3) is 0.400. The Labute approximate surface area is 259 Å². The summed E-state index contributed by atoms with van der Waals surface area (Å²) in [6.45, 7) is 4.85. The van der Waals surface area contributed by atoms with Gasteiger partial charge in [-0.3, -0.25) is 19.2 Å². The maximum Gasteiger partial charge on any atom is 0.416 e. The van der Waals surface area contributed by atoms with Crippen molar-refractivity contribution in [3.8, 4) is 0 Å². The Balaban J connectivity index is 1.27. The van der Waals surface area contributed by atoms with Crippen LogP contribution in [0, 0.1) is 0 Å². The van der Waals surface area contributed by atoms with Crippen molar-refractivity contribution in [2.75, 3.05) is 19.6 Å². The first kappa shape index (κ1) is 31.8. The highest BCUT2D eigenvalue weighted by molar-refractivity contribution is 8.18. The zero-order valence-electron chi connectivity index (χ0n) is 24.1. The molecule has 2 aromatic carbocycles. The first-order chi connectivity index (χ1) is 20.5. The molecule has 0 spiro atoms. The van der Waals surface area contributed by atoms with Gasteiger partial charge in [0.15, 0.2) is 0 Å². The molecule has 2 aliphatic rings. The number of aromatic nitrogens is 2. The molecule has 8 nitrogen and oxygen atoms in total. The summed E-state index contributed by atoms with van der Waals surface area (Å²) < 4.78 is 63.2. The summed E-state index contributed by atoms with van der Waals surface area (Å²) >= 11 is 6.49. The maximum atomic E-state index is 15.7. The third-order valence-corrected chi connectivity index (χ3v) is 8.43. The Morgan fingerprint density at radius 1 is 1.11 bits per heavy atom. The standard InChI is InChI=1S/C30H29ClF4N4O4S/c1-28(2,3)43-26(41)37-10-8-29(32,9-11-37)17-38-25(40)24(44-27(38)42)13-18-4-7-23-20(12-18)15-36-39(23)16-19-5-6-21(31)14-22(19)30(33,34)35/h4-7,12-15H,8-11,16-17H2,1-3H3. The Morgan fingerprint density at radius 2 is 1.82 bits per heavy atom. The minimum Gasteiger partial charge on any atom is -0.444 e. The van der Waals surface area contributed by atoms with Crippen molar-refractivity contribution in [3.05, 3.63) is 69.2 Å². The Bertz CT molecular complexity index is 1660. The number of alkyl halides is 4. The number of piperidine rings is 1. The average Bonchev–Trinajstić information content (AvgIpc) is 3.43. The van der Waals surface area contributed by atoms with Gasteiger partial charge in [0.05, 0.1) is 35.3 Å². The molecule has 0 radical (unpaired) electrons. The smallest absolute Gasteiger partial charge is 0.416 e. The summed E-state index contributed by atoms with van der Waals surface area (Å²) in [5.41, 5.74) is -2.24. The van der Waals surface area contributed by atoms with Crippen LogP contribution in [0.1, 0.15) is 50.3 Å². The molecule has 0 unspecified atom stereocenters. The van der Waals surface area contributed by atoms with Gasteiger partial charge in [-0.2, -0.15) is 18.3 Å². The number of carbonyl (C=O) groups is 3. The molecule has 0 N–H and O–H groups in total. The van der Waals surface area contributed by atoms with Crippen LogP contribution in [0.4, 0.5) is 27.2 Å². The van der Waals surface area contributed by atoms with Crippen LogP contribution in [0.2, 0.25) is 5.02 Å². The lowest BCUT2D eigenvalue weighted by Crippen LogP contribution is -2.51. The van der Waals surface area contributed by atoms with Crippen LogP contribution in [0.5, 0.6) is 0 Å². The Kier molecular flexibility index (Phi) is 8.49. The summed E-state index contributed by atoms with van der Waals surface area (Å²) in [5, 5.41) is 4.24. The van der Waals surface area contributed by atoms with Gasteiger partial charge in [0.25, 0.3) is 11.1 Å². The van der Waals surface area contributed by atoms with E-state index in [0.717, 1.165) is 11.0 Å². The molecular weight excluding hydrogens is 624 g/mol. The van der Waals surface area contributed by atoms with Crippen LogP contribution in [-0.4, -0.2) is 67.7 Å². The van der Waals surface area contributed by atoms with Gasteiger partial charge >= 0.3 is 12.3 Å². The number of amides is 3. The molecule has 0 bridgehead atoms. The minimum atomic E-state index is -4.58. The van der Waals surface area contributed by atoms with E-state index in [9.17, 15) is 27.6 Å². The van der Waals surface area contributed by atoms with Crippen molar-refractivity contribution in [2.24, 2.45) is 0 Å². The number of likely N-dealkylation sites (tertiary alicyclic amines) is 1. The summed E-state index contributed by atoms with van der Waals surface area (Å²) in [7, 11) is 0. The molecule has 3 heterocycles. The number of hydrogen-bond donors (Lipinski definition) is 0. The molecule has 2 saturated heterocycles. The summed E-state index contributed by atoms with van der Waals surface area (Å²) in [6.07, 6.45) is -2.20. The highest BCUT2D eigenvalue weighted by atomic mass is 35.5. The van der Waals surface area contributed by atoms with Crippen LogP contribution < -0.4 is 0 Å². The van der Waals surface area contributed by atoms with Gasteiger partial charge in [-0.25, -0.2) is 9.18 Å². The minimum absolute atomic E-state index is 0.00537. The number of benzene rings is 2. The van der Waals surface area contributed by atoms with E-state index in [1.54, 1.807) is 39.0 Å². The van der Waals surface area contributed by atoms with Gasteiger partial charge in [-0.1, -0.05) is 23.7 Å².